The van der Waals surface area contributed by atoms with Gasteiger partial charge in [-0.1, -0.05) is 6.07 Å². The van der Waals surface area contributed by atoms with Gasteiger partial charge in [-0.15, -0.1) is 0 Å². The number of methoxy groups -OCH3 is 2. The predicted molar refractivity (Wildman–Crippen MR) is 144 cm³/mol. The SMILES string of the molecule is COCC(=O)Nc1cc(N2C(=S)N[C@H](c3ccccn3)[C@H]2c2cccn2Cc2ccco2)ccc1OC. The molecule has 1 saturated heterocycles. The normalized spacial score (nSPS) is 17.0. The van der Waals surface area contributed by atoms with Crippen LogP contribution in [0.3, 0.4) is 0 Å². The van der Waals surface area contributed by atoms with Crippen molar-refractivity contribution >= 4 is 34.6 Å². The number of aromatic nitrogens is 2. The van der Waals surface area contributed by atoms with E-state index in [2.05, 4.69) is 26.3 Å². The highest BCUT2D eigenvalue weighted by Crippen LogP contribution is 2.43. The molecule has 1 amide bonds. The molecule has 2 atom stereocenters. The fraction of sp³-hybridized carbons (Fsp3) is 0.222. The Morgan fingerprint density at radius 2 is 2.05 bits per heavy atom. The van der Waals surface area contributed by atoms with Crippen LogP contribution in [0.15, 0.2) is 83.7 Å². The molecular formula is C27H27N5O4S. The first-order valence-corrected chi connectivity index (χ1v) is 12.1. The van der Waals surface area contributed by atoms with Gasteiger partial charge in [0.15, 0.2) is 5.11 Å². The summed E-state index contributed by atoms with van der Waals surface area (Å²) < 4.78 is 18.2. The summed E-state index contributed by atoms with van der Waals surface area (Å²) in [5, 5.41) is 6.88. The summed E-state index contributed by atoms with van der Waals surface area (Å²) in [6.07, 6.45) is 5.47. The zero-order valence-electron chi connectivity index (χ0n) is 20.5. The number of anilines is 2. The molecular weight excluding hydrogens is 490 g/mol. The highest BCUT2D eigenvalue weighted by atomic mass is 32.1. The van der Waals surface area contributed by atoms with Gasteiger partial charge in [0.25, 0.3) is 0 Å². The number of nitrogens with one attached hydrogen (secondary N) is 2. The van der Waals surface area contributed by atoms with E-state index in [0.717, 1.165) is 22.8 Å². The number of thiocarbonyl (C=S) groups is 1. The molecule has 0 saturated carbocycles. The third-order valence-corrected chi connectivity index (χ3v) is 6.50. The molecule has 5 rings (SSSR count). The Hall–Kier alpha value is -4.15. The van der Waals surface area contributed by atoms with Crippen molar-refractivity contribution in [1.29, 1.82) is 0 Å². The van der Waals surface area contributed by atoms with Gasteiger partial charge in [0.05, 0.1) is 37.3 Å². The topological polar surface area (TPSA) is 93.8 Å². The second kappa shape index (κ2) is 10.9. The lowest BCUT2D eigenvalue weighted by Gasteiger charge is -2.29. The van der Waals surface area contributed by atoms with Crippen LogP contribution in [0.4, 0.5) is 11.4 Å². The molecule has 1 fully saturated rings. The smallest absolute Gasteiger partial charge is 0.250 e. The maximum absolute atomic E-state index is 12.3. The van der Waals surface area contributed by atoms with E-state index in [9.17, 15) is 4.79 Å². The van der Waals surface area contributed by atoms with Crippen molar-refractivity contribution in [3.63, 3.8) is 0 Å². The summed E-state index contributed by atoms with van der Waals surface area (Å²) in [5.41, 5.74) is 3.21. The summed E-state index contributed by atoms with van der Waals surface area (Å²) in [7, 11) is 3.03. The van der Waals surface area contributed by atoms with Crippen molar-refractivity contribution in [3.05, 3.63) is 96.5 Å². The molecule has 2 N–H and O–H groups in total. The van der Waals surface area contributed by atoms with E-state index in [1.165, 1.54) is 7.11 Å². The Labute approximate surface area is 220 Å². The maximum atomic E-state index is 12.3. The minimum atomic E-state index is -0.282. The number of carbonyl (C=O) groups is 1. The number of carbonyl (C=O) groups excluding carboxylic acids is 1. The molecule has 37 heavy (non-hydrogen) atoms. The second-order valence-corrected chi connectivity index (χ2v) is 8.89. The Balaban J connectivity index is 1.58. The first-order valence-electron chi connectivity index (χ1n) is 11.7. The van der Waals surface area contributed by atoms with E-state index < -0.39 is 0 Å². The Kier molecular flexibility index (Phi) is 7.20. The minimum Gasteiger partial charge on any atom is -0.495 e. The standard InChI is InChI=1S/C27H27N5O4S/c1-34-17-24(33)29-21-15-18(10-11-23(21)35-2)32-26(25(30-27(32)37)20-8-3-4-12-28-20)22-9-5-13-31(22)16-19-7-6-14-36-19/h3-15,25-26H,16-17H2,1-2H3,(H,29,33)(H,30,37)/t25-,26-/m1/s1. The molecule has 0 unspecified atom stereocenters. The van der Waals surface area contributed by atoms with Crippen molar-refractivity contribution in [3.8, 4) is 5.75 Å². The van der Waals surface area contributed by atoms with Gasteiger partial charge in [-0.25, -0.2) is 0 Å². The number of pyridine rings is 1. The van der Waals surface area contributed by atoms with E-state index in [4.69, 9.17) is 26.1 Å². The summed E-state index contributed by atoms with van der Waals surface area (Å²) in [4.78, 5) is 19.0. The number of rotatable bonds is 9. The van der Waals surface area contributed by atoms with Crippen LogP contribution in [0.25, 0.3) is 0 Å². The van der Waals surface area contributed by atoms with E-state index in [1.54, 1.807) is 19.6 Å². The zero-order valence-corrected chi connectivity index (χ0v) is 21.3. The van der Waals surface area contributed by atoms with Gasteiger partial charge in [0.2, 0.25) is 5.91 Å². The predicted octanol–water partition coefficient (Wildman–Crippen LogP) is 4.30. The summed E-state index contributed by atoms with van der Waals surface area (Å²) >= 11 is 5.86. The quantitative estimate of drug-likeness (QED) is 0.318. The van der Waals surface area contributed by atoms with Gasteiger partial charge in [0.1, 0.15) is 24.2 Å². The molecule has 4 heterocycles. The second-order valence-electron chi connectivity index (χ2n) is 8.50. The average Bonchev–Trinajstić information content (AvgIpc) is 3.65. The lowest BCUT2D eigenvalue weighted by molar-refractivity contribution is -0.119. The molecule has 1 aromatic carbocycles. The number of hydrogen-bond acceptors (Lipinski definition) is 6. The molecule has 3 aromatic heterocycles. The van der Waals surface area contributed by atoms with Gasteiger partial charge in [0, 0.05) is 30.9 Å². The van der Waals surface area contributed by atoms with Crippen LogP contribution in [-0.2, 0) is 16.1 Å². The molecule has 4 aromatic rings. The highest BCUT2D eigenvalue weighted by molar-refractivity contribution is 7.80. The van der Waals surface area contributed by atoms with Crippen LogP contribution in [0.2, 0.25) is 0 Å². The van der Waals surface area contributed by atoms with E-state index in [0.29, 0.717) is 23.1 Å². The number of benzene rings is 1. The van der Waals surface area contributed by atoms with Crippen LogP contribution in [0, 0.1) is 0 Å². The van der Waals surface area contributed by atoms with Gasteiger partial charge < -0.3 is 34.0 Å². The first-order chi connectivity index (χ1) is 18.1. The number of furan rings is 1. The third-order valence-electron chi connectivity index (χ3n) is 6.18. The van der Waals surface area contributed by atoms with Crippen LogP contribution < -0.4 is 20.3 Å². The lowest BCUT2D eigenvalue weighted by Crippen LogP contribution is -2.30. The van der Waals surface area contributed by atoms with Crippen molar-refractivity contribution in [1.82, 2.24) is 14.9 Å². The van der Waals surface area contributed by atoms with Crippen molar-refractivity contribution in [2.75, 3.05) is 31.0 Å². The van der Waals surface area contributed by atoms with Crippen molar-refractivity contribution in [2.45, 2.75) is 18.6 Å². The fourth-order valence-electron chi connectivity index (χ4n) is 4.60. The summed E-state index contributed by atoms with van der Waals surface area (Å²) in [6, 6.07) is 18.9. The summed E-state index contributed by atoms with van der Waals surface area (Å²) in [5.74, 6) is 1.10. The van der Waals surface area contributed by atoms with Gasteiger partial charge in [-0.3, -0.25) is 9.78 Å². The molecule has 9 nitrogen and oxygen atoms in total. The Bertz CT molecular complexity index is 1370. The minimum absolute atomic E-state index is 0.0677. The van der Waals surface area contributed by atoms with Crippen LogP contribution in [0.5, 0.6) is 5.75 Å². The third kappa shape index (κ3) is 5.07. The molecule has 0 aliphatic carbocycles. The van der Waals surface area contributed by atoms with E-state index in [1.807, 2.05) is 65.7 Å². The molecule has 190 valence electrons. The van der Waals surface area contributed by atoms with Crippen LogP contribution in [0.1, 0.15) is 29.2 Å². The van der Waals surface area contributed by atoms with Crippen molar-refractivity contribution < 1.29 is 18.7 Å². The molecule has 0 bridgehead atoms. The fourth-order valence-corrected chi connectivity index (χ4v) is 4.95. The monoisotopic (exact) mass is 517 g/mol. The Morgan fingerprint density at radius 3 is 2.78 bits per heavy atom. The van der Waals surface area contributed by atoms with Gasteiger partial charge >= 0.3 is 0 Å². The molecule has 10 heteroatoms. The largest absolute Gasteiger partial charge is 0.495 e. The number of ether oxygens (including phenoxy) is 2. The average molecular weight is 518 g/mol. The molecule has 0 spiro atoms. The lowest BCUT2D eigenvalue weighted by atomic mass is 10.0. The summed E-state index contributed by atoms with van der Waals surface area (Å²) in [6.45, 7) is 0.504. The molecule has 1 aliphatic heterocycles. The van der Waals surface area contributed by atoms with Gasteiger partial charge in [-0.05, 0) is 66.8 Å². The maximum Gasteiger partial charge on any atom is 0.250 e. The van der Waals surface area contributed by atoms with E-state index in [-0.39, 0.29) is 24.6 Å². The van der Waals surface area contributed by atoms with Crippen LogP contribution >= 0.6 is 12.2 Å². The van der Waals surface area contributed by atoms with Gasteiger partial charge in [-0.2, -0.15) is 0 Å². The molecule has 0 radical (unpaired) electrons. The number of amides is 1. The Morgan fingerprint density at radius 1 is 1.16 bits per heavy atom. The highest BCUT2D eigenvalue weighted by Gasteiger charge is 2.42. The van der Waals surface area contributed by atoms with E-state index >= 15 is 0 Å². The first kappa shape index (κ1) is 24.5. The number of hydrogen-bond donors (Lipinski definition) is 2. The zero-order chi connectivity index (χ0) is 25.8. The molecule has 1 aliphatic rings. The van der Waals surface area contributed by atoms with Crippen LogP contribution in [-0.4, -0.2) is 41.4 Å². The van der Waals surface area contributed by atoms with Crippen molar-refractivity contribution in [2.24, 2.45) is 0 Å². The number of nitrogens with zero attached hydrogens (tertiary/aromatic N) is 3.